The molecule has 0 aliphatic carbocycles. The Labute approximate surface area is 120 Å². The first-order chi connectivity index (χ1) is 9.22. The Kier molecular flexibility index (Phi) is 5.31. The number of carbonyl (C=O) groups is 2. The number of aryl methyl sites for hydroxylation is 2. The van der Waals surface area contributed by atoms with Crippen molar-refractivity contribution in [3.05, 3.63) is 28.8 Å². The molecular formula is C16H23NO3. The van der Waals surface area contributed by atoms with Crippen LogP contribution in [0.25, 0.3) is 0 Å². The smallest absolute Gasteiger partial charge is 0.336 e. The monoisotopic (exact) mass is 277 g/mol. The Morgan fingerprint density at radius 2 is 1.75 bits per heavy atom. The van der Waals surface area contributed by atoms with Gasteiger partial charge in [0.05, 0.1) is 5.56 Å². The molecule has 0 aromatic heterocycles. The zero-order chi connectivity index (χ0) is 15.4. The van der Waals surface area contributed by atoms with Crippen LogP contribution in [0.2, 0.25) is 0 Å². The molecule has 0 heterocycles. The maximum atomic E-state index is 12.0. The van der Waals surface area contributed by atoms with Gasteiger partial charge in [-0.1, -0.05) is 26.8 Å². The van der Waals surface area contributed by atoms with Gasteiger partial charge >= 0.3 is 5.97 Å². The van der Waals surface area contributed by atoms with E-state index in [0.717, 1.165) is 5.56 Å². The van der Waals surface area contributed by atoms with Gasteiger partial charge in [0.25, 0.3) is 0 Å². The van der Waals surface area contributed by atoms with Crippen molar-refractivity contribution in [1.29, 1.82) is 0 Å². The van der Waals surface area contributed by atoms with E-state index in [-0.39, 0.29) is 11.5 Å². The number of rotatable bonds is 5. The van der Waals surface area contributed by atoms with Crippen LogP contribution in [0.15, 0.2) is 12.1 Å². The number of benzene rings is 1. The minimum atomic E-state index is -0.978. The van der Waals surface area contributed by atoms with Crippen molar-refractivity contribution in [2.24, 2.45) is 11.8 Å². The van der Waals surface area contributed by atoms with Gasteiger partial charge in [0.15, 0.2) is 0 Å². The van der Waals surface area contributed by atoms with Crippen molar-refractivity contribution in [3.8, 4) is 0 Å². The Hall–Kier alpha value is -1.84. The molecule has 1 atom stereocenters. The van der Waals surface area contributed by atoms with Crippen LogP contribution in [0.3, 0.4) is 0 Å². The number of amides is 1. The highest BCUT2D eigenvalue weighted by atomic mass is 16.4. The van der Waals surface area contributed by atoms with Crippen LogP contribution in [0.1, 0.15) is 48.7 Å². The second-order valence-corrected chi connectivity index (χ2v) is 5.76. The van der Waals surface area contributed by atoms with Crippen LogP contribution in [0.5, 0.6) is 0 Å². The summed E-state index contributed by atoms with van der Waals surface area (Å²) in [6, 6.07) is 3.32. The maximum Gasteiger partial charge on any atom is 0.336 e. The van der Waals surface area contributed by atoms with Crippen LogP contribution in [-0.4, -0.2) is 17.0 Å². The number of aromatic carboxylic acids is 1. The van der Waals surface area contributed by atoms with Crippen molar-refractivity contribution in [3.63, 3.8) is 0 Å². The average Bonchev–Trinajstić information content (AvgIpc) is 2.31. The molecule has 4 heteroatoms. The Morgan fingerprint density at radius 1 is 1.15 bits per heavy atom. The predicted molar refractivity (Wildman–Crippen MR) is 80.1 cm³/mol. The molecule has 0 aliphatic heterocycles. The van der Waals surface area contributed by atoms with E-state index in [9.17, 15) is 9.59 Å². The molecule has 4 nitrogen and oxygen atoms in total. The summed E-state index contributed by atoms with van der Waals surface area (Å²) in [5, 5.41) is 11.9. The lowest BCUT2D eigenvalue weighted by Crippen LogP contribution is -2.18. The standard InChI is InChI=1S/C16H23NO3/c1-9(2)10(3)7-15(18)17-14-8-13(16(19)20)11(4)6-12(14)5/h6,8-10H,7H2,1-5H3,(H,17,18)(H,19,20). The summed E-state index contributed by atoms with van der Waals surface area (Å²) >= 11 is 0. The molecule has 1 rings (SSSR count). The van der Waals surface area contributed by atoms with E-state index in [1.807, 2.05) is 13.8 Å². The Morgan fingerprint density at radius 3 is 2.25 bits per heavy atom. The van der Waals surface area contributed by atoms with E-state index in [0.29, 0.717) is 29.5 Å². The van der Waals surface area contributed by atoms with Gasteiger partial charge in [-0.25, -0.2) is 4.79 Å². The second-order valence-electron chi connectivity index (χ2n) is 5.76. The summed E-state index contributed by atoms with van der Waals surface area (Å²) in [5.41, 5.74) is 2.37. The van der Waals surface area contributed by atoms with E-state index in [1.165, 1.54) is 6.07 Å². The molecule has 0 saturated carbocycles. The van der Waals surface area contributed by atoms with Gasteiger partial charge < -0.3 is 10.4 Å². The summed E-state index contributed by atoms with van der Waals surface area (Å²) in [5.74, 6) is -0.322. The number of hydrogen-bond acceptors (Lipinski definition) is 2. The highest BCUT2D eigenvalue weighted by Gasteiger charge is 2.15. The largest absolute Gasteiger partial charge is 0.478 e. The topological polar surface area (TPSA) is 66.4 Å². The van der Waals surface area contributed by atoms with E-state index in [4.69, 9.17) is 5.11 Å². The third kappa shape index (κ3) is 4.08. The number of anilines is 1. The number of hydrogen-bond donors (Lipinski definition) is 2. The molecule has 1 amide bonds. The van der Waals surface area contributed by atoms with Crippen molar-refractivity contribution in [2.45, 2.75) is 41.0 Å². The van der Waals surface area contributed by atoms with Crippen LogP contribution >= 0.6 is 0 Å². The zero-order valence-corrected chi connectivity index (χ0v) is 12.8. The maximum absolute atomic E-state index is 12.0. The van der Waals surface area contributed by atoms with Crippen LogP contribution in [-0.2, 0) is 4.79 Å². The van der Waals surface area contributed by atoms with E-state index in [1.54, 1.807) is 13.0 Å². The first-order valence-electron chi connectivity index (χ1n) is 6.86. The molecule has 0 spiro atoms. The number of carboxylic acid groups (broad SMARTS) is 1. The fraction of sp³-hybridized carbons (Fsp3) is 0.500. The van der Waals surface area contributed by atoms with Crippen LogP contribution in [0.4, 0.5) is 5.69 Å². The van der Waals surface area contributed by atoms with Crippen LogP contribution < -0.4 is 5.32 Å². The Balaban J connectivity index is 2.90. The molecule has 1 aromatic carbocycles. The molecule has 0 aliphatic rings. The molecule has 0 bridgehead atoms. The lowest BCUT2D eigenvalue weighted by Gasteiger charge is -2.16. The van der Waals surface area contributed by atoms with Crippen molar-refractivity contribution < 1.29 is 14.7 Å². The molecule has 0 radical (unpaired) electrons. The van der Waals surface area contributed by atoms with Gasteiger partial charge in [-0.15, -0.1) is 0 Å². The quantitative estimate of drug-likeness (QED) is 0.863. The first-order valence-corrected chi connectivity index (χ1v) is 6.86. The van der Waals surface area contributed by atoms with Crippen molar-refractivity contribution in [2.75, 3.05) is 5.32 Å². The predicted octanol–water partition coefficient (Wildman–Crippen LogP) is 3.62. The highest BCUT2D eigenvalue weighted by Crippen LogP contribution is 2.22. The minimum Gasteiger partial charge on any atom is -0.478 e. The average molecular weight is 277 g/mol. The highest BCUT2D eigenvalue weighted by molar-refractivity contribution is 5.95. The Bertz CT molecular complexity index is 521. The molecule has 1 unspecified atom stereocenters. The van der Waals surface area contributed by atoms with Crippen molar-refractivity contribution in [1.82, 2.24) is 0 Å². The molecule has 0 fully saturated rings. The number of nitrogens with one attached hydrogen (secondary N) is 1. The molecule has 1 aromatic rings. The lowest BCUT2D eigenvalue weighted by molar-refractivity contribution is -0.117. The fourth-order valence-corrected chi connectivity index (χ4v) is 1.95. The third-order valence-corrected chi connectivity index (χ3v) is 3.72. The molecule has 0 saturated heterocycles. The fourth-order valence-electron chi connectivity index (χ4n) is 1.95. The minimum absolute atomic E-state index is 0.0745. The summed E-state index contributed by atoms with van der Waals surface area (Å²) in [6.45, 7) is 9.81. The molecule has 2 N–H and O–H groups in total. The normalized spacial score (nSPS) is 12.3. The van der Waals surface area contributed by atoms with Gasteiger partial charge in [0.2, 0.25) is 5.91 Å². The van der Waals surface area contributed by atoms with Crippen LogP contribution in [0, 0.1) is 25.7 Å². The van der Waals surface area contributed by atoms with Gasteiger partial charge in [-0.3, -0.25) is 4.79 Å². The van der Waals surface area contributed by atoms with Crippen molar-refractivity contribution >= 4 is 17.6 Å². The number of carbonyl (C=O) groups excluding carboxylic acids is 1. The first kappa shape index (κ1) is 16.2. The third-order valence-electron chi connectivity index (χ3n) is 3.72. The summed E-state index contributed by atoms with van der Waals surface area (Å²) < 4.78 is 0. The van der Waals surface area contributed by atoms with Gasteiger partial charge in [0, 0.05) is 12.1 Å². The van der Waals surface area contributed by atoms with E-state index in [2.05, 4.69) is 19.2 Å². The summed E-state index contributed by atoms with van der Waals surface area (Å²) in [4.78, 5) is 23.1. The van der Waals surface area contributed by atoms with E-state index >= 15 is 0 Å². The van der Waals surface area contributed by atoms with Gasteiger partial charge in [-0.05, 0) is 42.9 Å². The molecule has 20 heavy (non-hydrogen) atoms. The summed E-state index contributed by atoms with van der Waals surface area (Å²) in [7, 11) is 0. The lowest BCUT2D eigenvalue weighted by atomic mass is 9.94. The van der Waals surface area contributed by atoms with E-state index < -0.39 is 5.97 Å². The molecule has 110 valence electrons. The summed E-state index contributed by atoms with van der Waals surface area (Å²) in [6.07, 6.45) is 0.438. The molecular weight excluding hydrogens is 254 g/mol. The SMILES string of the molecule is Cc1cc(C)c(C(=O)O)cc1NC(=O)CC(C)C(C)C. The second kappa shape index (κ2) is 6.55. The van der Waals surface area contributed by atoms with Gasteiger partial charge in [0.1, 0.15) is 0 Å². The number of carboxylic acids is 1. The zero-order valence-electron chi connectivity index (χ0n) is 12.8. The van der Waals surface area contributed by atoms with Gasteiger partial charge in [-0.2, -0.15) is 0 Å².